The van der Waals surface area contributed by atoms with Crippen molar-refractivity contribution >= 4 is 5.97 Å². The number of carbonyl (C=O) groups is 1. The van der Waals surface area contributed by atoms with E-state index in [0.29, 0.717) is 18.1 Å². The summed E-state index contributed by atoms with van der Waals surface area (Å²) in [5, 5.41) is 18.2. The number of rotatable bonds is 6. The van der Waals surface area contributed by atoms with Gasteiger partial charge in [0.2, 0.25) is 5.88 Å². The molecule has 0 aliphatic heterocycles. The van der Waals surface area contributed by atoms with E-state index < -0.39 is 23.5 Å². The van der Waals surface area contributed by atoms with E-state index in [9.17, 15) is 27.5 Å². The average Bonchev–Trinajstić information content (AvgIpc) is 3.54. The second-order valence-corrected chi connectivity index (χ2v) is 10.0. The predicted molar refractivity (Wildman–Crippen MR) is 137 cm³/mol. The van der Waals surface area contributed by atoms with E-state index in [1.807, 2.05) is 6.07 Å². The molecule has 9 heteroatoms. The molecule has 0 bridgehead atoms. The smallest absolute Gasteiger partial charge is 0.417 e. The molecular weight excluding hydrogens is 524 g/mol. The van der Waals surface area contributed by atoms with Gasteiger partial charge in [0.05, 0.1) is 23.1 Å². The summed E-state index contributed by atoms with van der Waals surface area (Å²) in [4.78, 5) is 15.5. The third-order valence-electron chi connectivity index (χ3n) is 7.68. The molecule has 1 aromatic heterocycles. The second kappa shape index (κ2) is 9.49. The molecule has 40 heavy (non-hydrogen) atoms. The molecule has 3 aromatic carbocycles. The van der Waals surface area contributed by atoms with Crippen LogP contribution in [0.5, 0.6) is 5.88 Å². The number of hydrogen-bond acceptors (Lipinski definition) is 4. The first-order valence-corrected chi connectivity index (χ1v) is 12.5. The lowest BCUT2D eigenvalue weighted by molar-refractivity contribution is -0.139. The zero-order chi connectivity index (χ0) is 28.2. The fourth-order valence-electron chi connectivity index (χ4n) is 5.62. The predicted octanol–water partition coefficient (Wildman–Crippen LogP) is 6.99. The molecule has 1 fully saturated rings. The van der Waals surface area contributed by atoms with Crippen molar-refractivity contribution in [3.05, 3.63) is 107 Å². The SMILES string of the molecule is N#Cc1ccc(-c2ccc(-c3cc(COc4cc5c(cn4)C4C(C5)C4C(=O)O)c(F)cc3C(F)(F)F)cc2)cc1. The van der Waals surface area contributed by atoms with Crippen molar-refractivity contribution in [3.63, 3.8) is 0 Å². The molecule has 3 unspecified atom stereocenters. The molecule has 1 N–H and O–H groups in total. The molecule has 5 nitrogen and oxygen atoms in total. The maximum Gasteiger partial charge on any atom is 0.417 e. The normalized spacial score (nSPS) is 18.9. The van der Waals surface area contributed by atoms with E-state index in [2.05, 4.69) is 4.98 Å². The molecule has 4 aromatic rings. The maximum absolute atomic E-state index is 14.8. The van der Waals surface area contributed by atoms with Gasteiger partial charge in [0.25, 0.3) is 0 Å². The van der Waals surface area contributed by atoms with Crippen LogP contribution in [0.3, 0.4) is 0 Å². The zero-order valence-electron chi connectivity index (χ0n) is 20.7. The van der Waals surface area contributed by atoms with Crippen LogP contribution < -0.4 is 4.74 Å². The van der Waals surface area contributed by atoms with E-state index in [1.165, 1.54) is 0 Å². The highest BCUT2D eigenvalue weighted by atomic mass is 19.4. The van der Waals surface area contributed by atoms with Crippen molar-refractivity contribution in [1.29, 1.82) is 5.26 Å². The third kappa shape index (κ3) is 4.56. The lowest BCUT2D eigenvalue weighted by Gasteiger charge is -2.17. The van der Waals surface area contributed by atoms with Gasteiger partial charge in [0, 0.05) is 23.7 Å². The molecule has 1 heterocycles. The topological polar surface area (TPSA) is 83.2 Å². The van der Waals surface area contributed by atoms with E-state index in [1.54, 1.807) is 60.8 Å². The first-order chi connectivity index (χ1) is 19.1. The van der Waals surface area contributed by atoms with Gasteiger partial charge in [0.1, 0.15) is 12.4 Å². The van der Waals surface area contributed by atoms with Crippen LogP contribution in [0.25, 0.3) is 22.3 Å². The highest BCUT2D eigenvalue weighted by Gasteiger charge is 2.59. The number of nitriles is 1. The van der Waals surface area contributed by atoms with Crippen molar-refractivity contribution in [2.24, 2.45) is 11.8 Å². The van der Waals surface area contributed by atoms with Crippen molar-refractivity contribution in [2.75, 3.05) is 0 Å². The molecule has 6 rings (SSSR count). The number of nitrogens with zero attached hydrogens (tertiary/aromatic N) is 2. The summed E-state index contributed by atoms with van der Waals surface area (Å²) in [7, 11) is 0. The molecular formula is C31H20F4N2O3. The summed E-state index contributed by atoms with van der Waals surface area (Å²) in [6.45, 7) is -0.337. The monoisotopic (exact) mass is 544 g/mol. The molecule has 2 aliphatic carbocycles. The number of alkyl halides is 3. The summed E-state index contributed by atoms with van der Waals surface area (Å²) < 4.78 is 62.1. The van der Waals surface area contributed by atoms with E-state index in [0.717, 1.165) is 28.3 Å². The number of pyridine rings is 1. The van der Waals surface area contributed by atoms with E-state index in [4.69, 9.17) is 10.00 Å². The Morgan fingerprint density at radius 1 is 1.02 bits per heavy atom. The van der Waals surface area contributed by atoms with Gasteiger partial charge in [0.15, 0.2) is 0 Å². The van der Waals surface area contributed by atoms with Gasteiger partial charge in [-0.1, -0.05) is 36.4 Å². The van der Waals surface area contributed by atoms with Crippen molar-refractivity contribution in [1.82, 2.24) is 4.98 Å². The van der Waals surface area contributed by atoms with Crippen LogP contribution in [-0.2, 0) is 24.0 Å². The maximum atomic E-state index is 14.8. The number of fused-ring (bicyclic) bond motifs is 3. The summed E-state index contributed by atoms with van der Waals surface area (Å²) >= 11 is 0. The van der Waals surface area contributed by atoms with Gasteiger partial charge in [-0.3, -0.25) is 4.79 Å². The minimum Gasteiger partial charge on any atom is -0.481 e. The highest BCUT2D eigenvalue weighted by Crippen LogP contribution is 2.61. The van der Waals surface area contributed by atoms with Crippen LogP contribution in [-0.4, -0.2) is 16.1 Å². The number of benzene rings is 3. The molecule has 0 amide bonds. The Morgan fingerprint density at radius 2 is 1.68 bits per heavy atom. The lowest BCUT2D eigenvalue weighted by Crippen LogP contribution is -2.10. The Morgan fingerprint density at radius 3 is 2.30 bits per heavy atom. The van der Waals surface area contributed by atoms with Crippen LogP contribution >= 0.6 is 0 Å². The van der Waals surface area contributed by atoms with Crippen LogP contribution in [0.4, 0.5) is 17.6 Å². The van der Waals surface area contributed by atoms with E-state index >= 15 is 0 Å². The molecule has 3 atom stereocenters. The largest absolute Gasteiger partial charge is 0.481 e. The quantitative estimate of drug-likeness (QED) is 0.265. The van der Waals surface area contributed by atoms with Crippen LogP contribution in [0.1, 0.15) is 33.7 Å². The Labute approximate surface area is 226 Å². The Hall–Kier alpha value is -4.71. The number of aliphatic carboxylic acids is 1. The number of carboxylic acids is 1. The molecule has 0 spiro atoms. The van der Waals surface area contributed by atoms with Crippen molar-refractivity contribution < 1.29 is 32.2 Å². The van der Waals surface area contributed by atoms with Crippen LogP contribution in [0, 0.1) is 29.0 Å². The highest BCUT2D eigenvalue weighted by molar-refractivity contribution is 5.78. The van der Waals surface area contributed by atoms with Gasteiger partial charge in [-0.15, -0.1) is 0 Å². The Bertz CT molecular complexity index is 1680. The molecule has 1 saturated carbocycles. The van der Waals surface area contributed by atoms with Gasteiger partial charge in [-0.25, -0.2) is 9.37 Å². The van der Waals surface area contributed by atoms with Gasteiger partial charge in [-0.2, -0.15) is 18.4 Å². The summed E-state index contributed by atoms with van der Waals surface area (Å²) in [6, 6.07) is 18.6. The number of carboxylic acid groups (broad SMARTS) is 1. The van der Waals surface area contributed by atoms with Gasteiger partial charge < -0.3 is 9.84 Å². The summed E-state index contributed by atoms with van der Waals surface area (Å²) in [5.74, 6) is -2.07. The minimum absolute atomic E-state index is 0.0442. The fourth-order valence-corrected chi connectivity index (χ4v) is 5.62. The molecule has 2 aliphatic rings. The summed E-state index contributed by atoms with van der Waals surface area (Å²) in [6.07, 6.45) is -2.62. The fraction of sp³-hybridized carbons (Fsp3) is 0.194. The Kier molecular flexibility index (Phi) is 6.06. The first kappa shape index (κ1) is 25.6. The zero-order valence-corrected chi connectivity index (χ0v) is 20.7. The molecule has 200 valence electrons. The number of aromatic nitrogens is 1. The lowest BCUT2D eigenvalue weighted by atomic mass is 9.94. The average molecular weight is 545 g/mol. The van der Waals surface area contributed by atoms with Crippen LogP contribution in [0.15, 0.2) is 72.9 Å². The minimum atomic E-state index is -4.78. The standard InChI is InChI=1S/C31H20F4N2O3/c32-26-12-25(31(33,34)35)22(19-7-5-18(6-8-19)17-3-1-16(13-36)2-4-17)10-21(26)15-40-27-11-20-9-23-28(24(20)14-37-27)29(23)30(38)39/h1-8,10-12,14,23,28-29H,9,15H2,(H,38,39). The summed E-state index contributed by atoms with van der Waals surface area (Å²) in [5.41, 5.74) is 2.77. The van der Waals surface area contributed by atoms with E-state index in [-0.39, 0.29) is 46.9 Å². The first-order valence-electron chi connectivity index (χ1n) is 12.5. The van der Waals surface area contributed by atoms with Crippen LogP contribution in [0.2, 0.25) is 0 Å². The third-order valence-corrected chi connectivity index (χ3v) is 7.68. The number of halogens is 4. The van der Waals surface area contributed by atoms with Gasteiger partial charge >= 0.3 is 12.1 Å². The van der Waals surface area contributed by atoms with Crippen molar-refractivity contribution in [2.45, 2.75) is 25.1 Å². The number of ether oxygens (including phenoxy) is 1. The Balaban J connectivity index is 1.25. The van der Waals surface area contributed by atoms with Crippen molar-refractivity contribution in [3.8, 4) is 34.2 Å². The second-order valence-electron chi connectivity index (χ2n) is 10.0. The van der Waals surface area contributed by atoms with Gasteiger partial charge in [-0.05, 0) is 70.0 Å². The number of hydrogen-bond donors (Lipinski definition) is 1. The molecule has 0 saturated heterocycles. The molecule has 0 radical (unpaired) electrons.